The van der Waals surface area contributed by atoms with Gasteiger partial charge in [0.05, 0.1) is 11.4 Å². The molecular weight excluding hydrogens is 208 g/mol. The average molecular weight is 230 g/mol. The average Bonchev–Trinajstić information content (AvgIpc) is 2.81. The minimum Gasteiger partial charge on any atom is -0.383 e. The Balaban J connectivity index is 1.68. The first-order chi connectivity index (χ1) is 8.43. The topological polar surface area (TPSA) is 15.3 Å². The molecule has 2 aliphatic rings. The van der Waals surface area contributed by atoms with Crippen LogP contribution in [-0.2, 0) is 0 Å². The molecule has 1 saturated heterocycles. The van der Waals surface area contributed by atoms with Gasteiger partial charge in [0.25, 0.3) is 0 Å². The molecule has 0 radical (unpaired) electrons. The highest BCUT2D eigenvalue weighted by Gasteiger charge is 2.19. The van der Waals surface area contributed by atoms with Crippen LogP contribution in [-0.4, -0.2) is 19.6 Å². The Kier molecular flexibility index (Phi) is 3.21. The summed E-state index contributed by atoms with van der Waals surface area (Å²) in [6, 6.07) is 8.78. The zero-order valence-electron chi connectivity index (χ0n) is 10.5. The van der Waals surface area contributed by atoms with Gasteiger partial charge in [-0.3, -0.25) is 0 Å². The van der Waals surface area contributed by atoms with Crippen LogP contribution in [0.1, 0.15) is 32.1 Å². The molecule has 3 rings (SSSR count). The molecule has 92 valence electrons. The Morgan fingerprint density at radius 1 is 1.06 bits per heavy atom. The molecule has 1 aliphatic carbocycles. The van der Waals surface area contributed by atoms with Crippen LogP contribution in [0, 0.1) is 5.92 Å². The van der Waals surface area contributed by atoms with E-state index in [2.05, 4.69) is 34.5 Å². The van der Waals surface area contributed by atoms with Gasteiger partial charge in [-0.25, -0.2) is 0 Å². The summed E-state index contributed by atoms with van der Waals surface area (Å²) < 4.78 is 0. The van der Waals surface area contributed by atoms with E-state index >= 15 is 0 Å². The van der Waals surface area contributed by atoms with Crippen LogP contribution in [0.2, 0.25) is 0 Å². The van der Waals surface area contributed by atoms with E-state index in [1.807, 2.05) is 0 Å². The summed E-state index contributed by atoms with van der Waals surface area (Å²) in [5, 5.41) is 3.65. The molecule has 1 N–H and O–H groups in total. The molecule has 0 unspecified atom stereocenters. The fraction of sp³-hybridized carbons (Fsp3) is 0.600. The quantitative estimate of drug-likeness (QED) is 0.851. The number of rotatable bonds is 4. The molecule has 0 atom stereocenters. The number of nitrogens with one attached hydrogen (secondary N) is 1. The highest BCUT2D eigenvalue weighted by molar-refractivity contribution is 5.70. The molecule has 1 aromatic carbocycles. The van der Waals surface area contributed by atoms with Gasteiger partial charge < -0.3 is 10.2 Å². The number of hydrogen-bond donors (Lipinski definition) is 1. The normalized spacial score (nSPS) is 20.4. The van der Waals surface area contributed by atoms with Gasteiger partial charge in [-0.2, -0.15) is 0 Å². The molecular formula is C15H22N2. The molecule has 1 aliphatic heterocycles. The van der Waals surface area contributed by atoms with Crippen molar-refractivity contribution in [2.75, 3.05) is 29.9 Å². The van der Waals surface area contributed by atoms with E-state index in [-0.39, 0.29) is 0 Å². The molecule has 0 amide bonds. The number of para-hydroxylation sites is 2. The number of anilines is 2. The van der Waals surface area contributed by atoms with Crippen LogP contribution in [0.15, 0.2) is 24.3 Å². The van der Waals surface area contributed by atoms with Gasteiger partial charge in [0.15, 0.2) is 0 Å². The molecule has 1 aromatic rings. The maximum absolute atomic E-state index is 3.65. The van der Waals surface area contributed by atoms with Gasteiger partial charge in [-0.05, 0) is 43.7 Å². The van der Waals surface area contributed by atoms with Gasteiger partial charge in [0, 0.05) is 19.6 Å². The summed E-state index contributed by atoms with van der Waals surface area (Å²) in [5.74, 6) is 0.918. The van der Waals surface area contributed by atoms with E-state index in [9.17, 15) is 0 Å². The van der Waals surface area contributed by atoms with Crippen molar-refractivity contribution < 1.29 is 0 Å². The first-order valence-corrected chi connectivity index (χ1v) is 7.01. The van der Waals surface area contributed by atoms with Crippen molar-refractivity contribution in [3.05, 3.63) is 24.3 Å². The Morgan fingerprint density at radius 3 is 2.53 bits per heavy atom. The third kappa shape index (κ3) is 2.41. The van der Waals surface area contributed by atoms with E-state index in [1.54, 1.807) is 0 Å². The van der Waals surface area contributed by atoms with Gasteiger partial charge in [0.1, 0.15) is 0 Å². The molecule has 0 aromatic heterocycles. The van der Waals surface area contributed by atoms with Crippen LogP contribution in [0.25, 0.3) is 0 Å². The van der Waals surface area contributed by atoms with Gasteiger partial charge >= 0.3 is 0 Å². The molecule has 1 saturated carbocycles. The Bertz CT molecular complexity index is 365. The third-order valence-electron chi connectivity index (χ3n) is 4.16. The fourth-order valence-corrected chi connectivity index (χ4v) is 2.81. The highest BCUT2D eigenvalue weighted by Crippen LogP contribution is 2.31. The summed E-state index contributed by atoms with van der Waals surface area (Å²) >= 11 is 0. The van der Waals surface area contributed by atoms with E-state index in [0.29, 0.717) is 0 Å². The van der Waals surface area contributed by atoms with Crippen molar-refractivity contribution in [3.8, 4) is 0 Å². The lowest BCUT2D eigenvalue weighted by Crippen LogP contribution is -2.23. The lowest BCUT2D eigenvalue weighted by Gasteiger charge is -2.28. The van der Waals surface area contributed by atoms with Gasteiger partial charge in [-0.1, -0.05) is 18.6 Å². The molecule has 2 heteroatoms. The van der Waals surface area contributed by atoms with Gasteiger partial charge in [0.2, 0.25) is 0 Å². The smallest absolute Gasteiger partial charge is 0.0602 e. The summed E-state index contributed by atoms with van der Waals surface area (Å²) in [6.07, 6.45) is 6.95. The Morgan fingerprint density at radius 2 is 1.82 bits per heavy atom. The molecule has 0 bridgehead atoms. The molecule has 2 nitrogen and oxygen atoms in total. The minimum atomic E-state index is 0.918. The predicted molar refractivity (Wildman–Crippen MR) is 73.7 cm³/mol. The van der Waals surface area contributed by atoms with Crippen LogP contribution < -0.4 is 10.2 Å². The van der Waals surface area contributed by atoms with Crippen molar-refractivity contribution in [2.45, 2.75) is 32.1 Å². The predicted octanol–water partition coefficient (Wildman–Crippen LogP) is 3.50. The highest BCUT2D eigenvalue weighted by atomic mass is 15.2. The van der Waals surface area contributed by atoms with E-state index in [0.717, 1.165) is 12.5 Å². The number of benzene rings is 1. The first-order valence-electron chi connectivity index (χ1n) is 7.01. The number of hydrogen-bond acceptors (Lipinski definition) is 2. The Hall–Kier alpha value is -1.18. The van der Waals surface area contributed by atoms with Crippen molar-refractivity contribution in [1.82, 2.24) is 0 Å². The molecule has 1 heterocycles. The SMILES string of the molecule is c1ccc(N2CCCC2)c(NCC2CCC2)c1. The number of nitrogens with zero attached hydrogens (tertiary/aromatic N) is 1. The largest absolute Gasteiger partial charge is 0.383 e. The van der Waals surface area contributed by atoms with Gasteiger partial charge in [-0.15, -0.1) is 0 Å². The van der Waals surface area contributed by atoms with E-state index in [1.165, 1.54) is 56.6 Å². The molecule has 17 heavy (non-hydrogen) atoms. The lowest BCUT2D eigenvalue weighted by atomic mass is 9.85. The Labute approximate surface area is 104 Å². The fourth-order valence-electron chi connectivity index (χ4n) is 2.81. The summed E-state index contributed by atoms with van der Waals surface area (Å²) in [5.41, 5.74) is 2.74. The van der Waals surface area contributed by atoms with Crippen LogP contribution in [0.3, 0.4) is 0 Å². The monoisotopic (exact) mass is 230 g/mol. The zero-order valence-corrected chi connectivity index (χ0v) is 10.5. The maximum atomic E-state index is 3.65. The summed E-state index contributed by atoms with van der Waals surface area (Å²) in [4.78, 5) is 2.52. The van der Waals surface area contributed by atoms with Crippen molar-refractivity contribution >= 4 is 11.4 Å². The van der Waals surface area contributed by atoms with E-state index in [4.69, 9.17) is 0 Å². The summed E-state index contributed by atoms with van der Waals surface area (Å²) in [7, 11) is 0. The summed E-state index contributed by atoms with van der Waals surface area (Å²) in [6.45, 7) is 3.61. The lowest BCUT2D eigenvalue weighted by molar-refractivity contribution is 0.333. The second-order valence-electron chi connectivity index (χ2n) is 5.39. The van der Waals surface area contributed by atoms with Crippen molar-refractivity contribution in [2.24, 2.45) is 5.92 Å². The third-order valence-corrected chi connectivity index (χ3v) is 4.16. The van der Waals surface area contributed by atoms with Crippen LogP contribution >= 0.6 is 0 Å². The zero-order chi connectivity index (χ0) is 11.5. The second-order valence-corrected chi connectivity index (χ2v) is 5.39. The van der Waals surface area contributed by atoms with Crippen LogP contribution in [0.5, 0.6) is 0 Å². The van der Waals surface area contributed by atoms with Crippen LogP contribution in [0.4, 0.5) is 11.4 Å². The van der Waals surface area contributed by atoms with E-state index < -0.39 is 0 Å². The minimum absolute atomic E-state index is 0.918. The maximum Gasteiger partial charge on any atom is 0.0602 e. The standard InChI is InChI=1S/C15H22N2/c1-2-9-15(17-10-3-4-11-17)14(8-1)16-12-13-6-5-7-13/h1-2,8-9,13,16H,3-7,10-12H2. The van der Waals surface area contributed by atoms with Crippen molar-refractivity contribution in [3.63, 3.8) is 0 Å². The second kappa shape index (κ2) is 4.99. The first kappa shape index (κ1) is 10.9. The molecule has 2 fully saturated rings. The molecule has 0 spiro atoms. The van der Waals surface area contributed by atoms with Crippen molar-refractivity contribution in [1.29, 1.82) is 0 Å².